The van der Waals surface area contributed by atoms with Crippen molar-refractivity contribution in [2.24, 2.45) is 5.73 Å². The topological polar surface area (TPSA) is 66.6 Å². The minimum Gasteiger partial charge on any atom is -0.475 e. The van der Waals surface area contributed by atoms with Crippen molar-refractivity contribution in [2.75, 3.05) is 33.5 Å². The Kier molecular flexibility index (Phi) is 7.91. The molecule has 0 spiro atoms. The molecule has 0 saturated carbocycles. The van der Waals surface area contributed by atoms with Gasteiger partial charge in [0.25, 0.3) is 0 Å². The summed E-state index contributed by atoms with van der Waals surface area (Å²) in [5, 5.41) is 0. The number of halogens is 1. The fraction of sp³-hybridized carbons (Fsp3) is 0.583. The Morgan fingerprint density at radius 1 is 1.28 bits per heavy atom. The quantitative estimate of drug-likeness (QED) is 0.702. The number of pyridine rings is 1. The molecular weight excluding hydrogens is 300 g/mol. The highest BCUT2D eigenvalue weighted by Crippen LogP contribution is 2.19. The molecule has 2 N–H and O–H groups in total. The first-order valence-electron chi connectivity index (χ1n) is 5.82. The predicted molar refractivity (Wildman–Crippen MR) is 72.6 cm³/mol. The Morgan fingerprint density at radius 3 is 2.83 bits per heavy atom. The molecule has 0 saturated heterocycles. The Hall–Kier alpha value is -0.690. The van der Waals surface area contributed by atoms with Gasteiger partial charge in [0, 0.05) is 43.1 Å². The van der Waals surface area contributed by atoms with Crippen molar-refractivity contribution in [1.82, 2.24) is 4.98 Å². The van der Waals surface area contributed by atoms with E-state index in [2.05, 4.69) is 20.9 Å². The van der Waals surface area contributed by atoms with Gasteiger partial charge in [-0.2, -0.15) is 0 Å². The first-order valence-corrected chi connectivity index (χ1v) is 6.61. The van der Waals surface area contributed by atoms with Crippen LogP contribution in [0, 0.1) is 0 Å². The smallest absolute Gasteiger partial charge is 0.217 e. The van der Waals surface area contributed by atoms with Gasteiger partial charge in [0.1, 0.15) is 6.61 Å². The molecule has 0 unspecified atom stereocenters. The molecule has 102 valence electrons. The maximum atomic E-state index is 5.62. The molecule has 0 aromatic carbocycles. The molecule has 0 aliphatic heterocycles. The zero-order valence-electron chi connectivity index (χ0n) is 10.5. The average molecular weight is 319 g/mol. The summed E-state index contributed by atoms with van der Waals surface area (Å²) >= 11 is 3.34. The highest BCUT2D eigenvalue weighted by Gasteiger charge is 2.04. The van der Waals surface area contributed by atoms with E-state index < -0.39 is 0 Å². The Balaban J connectivity index is 2.22. The lowest BCUT2D eigenvalue weighted by Crippen LogP contribution is -2.11. The SMILES string of the molecule is COCCCOCCOc1ncc(Br)cc1CN. The molecule has 0 amide bonds. The summed E-state index contributed by atoms with van der Waals surface area (Å²) in [6.07, 6.45) is 2.58. The van der Waals surface area contributed by atoms with Crippen LogP contribution in [0.3, 0.4) is 0 Å². The Morgan fingerprint density at radius 2 is 2.11 bits per heavy atom. The van der Waals surface area contributed by atoms with E-state index in [-0.39, 0.29) is 0 Å². The second-order valence-corrected chi connectivity index (χ2v) is 4.54. The summed E-state index contributed by atoms with van der Waals surface area (Å²) in [7, 11) is 1.68. The van der Waals surface area contributed by atoms with Gasteiger partial charge < -0.3 is 19.9 Å². The van der Waals surface area contributed by atoms with Gasteiger partial charge in [0.2, 0.25) is 5.88 Å². The minimum absolute atomic E-state index is 0.399. The zero-order valence-corrected chi connectivity index (χ0v) is 12.1. The van der Waals surface area contributed by atoms with Gasteiger partial charge in [0.05, 0.1) is 6.61 Å². The molecule has 1 heterocycles. The van der Waals surface area contributed by atoms with Crippen molar-refractivity contribution in [2.45, 2.75) is 13.0 Å². The van der Waals surface area contributed by atoms with Crippen LogP contribution in [0.15, 0.2) is 16.7 Å². The maximum absolute atomic E-state index is 5.62. The fourth-order valence-electron chi connectivity index (χ4n) is 1.35. The molecule has 0 fully saturated rings. The van der Waals surface area contributed by atoms with Crippen LogP contribution in [0.2, 0.25) is 0 Å². The lowest BCUT2D eigenvalue weighted by Gasteiger charge is -2.09. The van der Waals surface area contributed by atoms with Gasteiger partial charge in [-0.1, -0.05) is 0 Å². The number of nitrogens with two attached hydrogens (primary N) is 1. The molecule has 1 aromatic heterocycles. The lowest BCUT2D eigenvalue weighted by atomic mass is 10.3. The molecular formula is C12H19BrN2O3. The standard InChI is InChI=1S/C12H19BrN2O3/c1-16-3-2-4-17-5-6-18-12-10(8-14)7-11(13)9-15-12/h7,9H,2-6,8,14H2,1H3. The third-order valence-electron chi connectivity index (χ3n) is 2.22. The molecule has 0 radical (unpaired) electrons. The normalized spacial score (nSPS) is 10.6. The number of hydrogen-bond donors (Lipinski definition) is 1. The number of nitrogens with zero attached hydrogens (tertiary/aromatic N) is 1. The number of rotatable bonds is 9. The highest BCUT2D eigenvalue weighted by atomic mass is 79.9. The summed E-state index contributed by atoms with van der Waals surface area (Å²) in [6, 6.07) is 1.90. The summed E-state index contributed by atoms with van der Waals surface area (Å²) < 4.78 is 16.7. The summed E-state index contributed by atoms with van der Waals surface area (Å²) in [6.45, 7) is 2.79. The van der Waals surface area contributed by atoms with Crippen molar-refractivity contribution >= 4 is 15.9 Å². The van der Waals surface area contributed by atoms with E-state index in [4.69, 9.17) is 19.9 Å². The summed E-state index contributed by atoms with van der Waals surface area (Å²) in [4.78, 5) is 4.17. The van der Waals surface area contributed by atoms with Crippen LogP contribution in [0.5, 0.6) is 5.88 Å². The number of ether oxygens (including phenoxy) is 3. The van der Waals surface area contributed by atoms with E-state index in [1.54, 1.807) is 13.3 Å². The molecule has 6 heteroatoms. The molecule has 0 aliphatic carbocycles. The van der Waals surface area contributed by atoms with Crippen molar-refractivity contribution < 1.29 is 14.2 Å². The first kappa shape index (κ1) is 15.4. The third kappa shape index (κ3) is 5.77. The first-order chi connectivity index (χ1) is 8.77. The van der Waals surface area contributed by atoms with Crippen molar-refractivity contribution in [1.29, 1.82) is 0 Å². The molecule has 0 atom stereocenters. The molecule has 5 nitrogen and oxygen atoms in total. The van der Waals surface area contributed by atoms with Gasteiger partial charge >= 0.3 is 0 Å². The van der Waals surface area contributed by atoms with E-state index >= 15 is 0 Å². The molecule has 0 bridgehead atoms. The maximum Gasteiger partial charge on any atom is 0.217 e. The van der Waals surface area contributed by atoms with Crippen molar-refractivity contribution in [3.8, 4) is 5.88 Å². The highest BCUT2D eigenvalue weighted by molar-refractivity contribution is 9.10. The monoisotopic (exact) mass is 318 g/mol. The molecule has 1 aromatic rings. The van der Waals surface area contributed by atoms with Crippen molar-refractivity contribution in [3.63, 3.8) is 0 Å². The Bertz CT molecular complexity index is 350. The van der Waals surface area contributed by atoms with E-state index in [1.165, 1.54) is 0 Å². The Labute approximate surface area is 116 Å². The van der Waals surface area contributed by atoms with Gasteiger partial charge in [-0.25, -0.2) is 4.98 Å². The van der Waals surface area contributed by atoms with Crippen LogP contribution in [-0.4, -0.2) is 38.5 Å². The minimum atomic E-state index is 0.399. The van der Waals surface area contributed by atoms with E-state index in [0.29, 0.717) is 38.9 Å². The summed E-state index contributed by atoms with van der Waals surface area (Å²) in [5.41, 5.74) is 6.50. The molecule has 0 aliphatic rings. The number of hydrogen-bond acceptors (Lipinski definition) is 5. The van der Waals surface area contributed by atoms with Crippen LogP contribution in [0.25, 0.3) is 0 Å². The fourth-order valence-corrected chi connectivity index (χ4v) is 1.73. The van der Waals surface area contributed by atoms with Crippen molar-refractivity contribution in [3.05, 3.63) is 22.3 Å². The van der Waals surface area contributed by atoms with Crippen LogP contribution >= 0.6 is 15.9 Å². The van der Waals surface area contributed by atoms with Gasteiger partial charge in [-0.05, 0) is 28.4 Å². The van der Waals surface area contributed by atoms with Gasteiger partial charge in [0.15, 0.2) is 0 Å². The van der Waals surface area contributed by atoms with Crippen LogP contribution in [0.1, 0.15) is 12.0 Å². The second kappa shape index (κ2) is 9.27. The van der Waals surface area contributed by atoms with Crippen LogP contribution in [-0.2, 0) is 16.0 Å². The van der Waals surface area contributed by atoms with Crippen LogP contribution < -0.4 is 10.5 Å². The van der Waals surface area contributed by atoms with E-state index in [0.717, 1.165) is 16.5 Å². The molecule has 1 rings (SSSR count). The largest absolute Gasteiger partial charge is 0.475 e. The second-order valence-electron chi connectivity index (χ2n) is 3.63. The van der Waals surface area contributed by atoms with E-state index in [1.807, 2.05) is 6.07 Å². The zero-order chi connectivity index (χ0) is 13.2. The molecule has 18 heavy (non-hydrogen) atoms. The predicted octanol–water partition coefficient (Wildman–Crippen LogP) is 1.73. The van der Waals surface area contributed by atoms with E-state index in [9.17, 15) is 0 Å². The van der Waals surface area contributed by atoms with Gasteiger partial charge in [-0.15, -0.1) is 0 Å². The third-order valence-corrected chi connectivity index (χ3v) is 2.65. The summed E-state index contributed by atoms with van der Waals surface area (Å²) in [5.74, 6) is 0.571. The lowest BCUT2D eigenvalue weighted by molar-refractivity contribution is 0.0793. The van der Waals surface area contributed by atoms with Gasteiger partial charge in [-0.3, -0.25) is 0 Å². The van der Waals surface area contributed by atoms with Crippen LogP contribution in [0.4, 0.5) is 0 Å². The average Bonchev–Trinajstić information content (AvgIpc) is 2.39. The number of methoxy groups -OCH3 is 1. The number of aromatic nitrogens is 1.